The van der Waals surface area contributed by atoms with Crippen LogP contribution in [0.25, 0.3) is 0 Å². The largest absolute Gasteiger partial charge is 0.394 e. The van der Waals surface area contributed by atoms with Gasteiger partial charge in [0, 0.05) is 6.42 Å². The van der Waals surface area contributed by atoms with Crippen LogP contribution in [0.15, 0.2) is 36.5 Å². The average molecular weight is 985 g/mol. The number of hydrogen-bond donors (Lipinski definition) is 4. The molecule has 0 aromatic heterocycles. The van der Waals surface area contributed by atoms with Gasteiger partial charge in [-0.1, -0.05) is 307 Å². The standard InChI is InChI=1S/C65H125NO4/c1-3-5-7-9-11-13-15-17-19-21-22-23-24-25-26-27-28-29-30-31-32-33-34-35-36-37-38-39-40-41-42-44-46-48-50-52-54-56-58-60-64(69)66-62(61-67)65(70)63(68)59-57-55-53-51-49-47-45-43-20-18-16-14-12-10-8-6-4-2/h28-29,31-32,51,53,62-63,65,67-68,70H,3-27,30,33-50,52,54-61H2,1-2H3,(H,66,69)/b29-28-,32-31-,53-51+. The van der Waals surface area contributed by atoms with Crippen LogP contribution in [0.4, 0.5) is 0 Å². The van der Waals surface area contributed by atoms with Crippen molar-refractivity contribution in [2.75, 3.05) is 6.61 Å². The highest BCUT2D eigenvalue weighted by Crippen LogP contribution is 2.18. The molecule has 70 heavy (non-hydrogen) atoms. The number of nitrogens with one attached hydrogen (secondary N) is 1. The first-order chi connectivity index (χ1) is 34.6. The van der Waals surface area contributed by atoms with Gasteiger partial charge < -0.3 is 20.6 Å². The molecule has 3 atom stereocenters. The van der Waals surface area contributed by atoms with E-state index < -0.39 is 18.2 Å². The van der Waals surface area contributed by atoms with Gasteiger partial charge in [0.2, 0.25) is 5.91 Å². The number of unbranched alkanes of at least 4 members (excludes halogenated alkanes) is 45. The van der Waals surface area contributed by atoms with E-state index in [0.29, 0.717) is 12.8 Å². The summed E-state index contributed by atoms with van der Waals surface area (Å²) in [6.07, 6.45) is 79.2. The van der Waals surface area contributed by atoms with Crippen molar-refractivity contribution in [3.8, 4) is 0 Å². The summed E-state index contributed by atoms with van der Waals surface area (Å²) in [5.74, 6) is -0.150. The Bertz CT molecular complexity index is 1090. The van der Waals surface area contributed by atoms with E-state index >= 15 is 0 Å². The second-order valence-corrected chi connectivity index (χ2v) is 22.0. The number of aliphatic hydroxyl groups is 3. The van der Waals surface area contributed by atoms with Crippen LogP contribution in [0.1, 0.15) is 348 Å². The van der Waals surface area contributed by atoms with Crippen molar-refractivity contribution in [3.05, 3.63) is 36.5 Å². The fraction of sp³-hybridized carbons (Fsp3) is 0.892. The molecule has 0 spiro atoms. The number of aliphatic hydroxyl groups excluding tert-OH is 3. The van der Waals surface area contributed by atoms with Crippen molar-refractivity contribution in [2.24, 2.45) is 0 Å². The maximum absolute atomic E-state index is 12.5. The Kier molecular flexibility index (Phi) is 58.9. The second kappa shape index (κ2) is 60.1. The van der Waals surface area contributed by atoms with E-state index in [-0.39, 0.29) is 12.5 Å². The molecule has 0 aliphatic heterocycles. The van der Waals surface area contributed by atoms with E-state index in [4.69, 9.17) is 0 Å². The third-order valence-electron chi connectivity index (χ3n) is 15.0. The molecule has 1 amide bonds. The third kappa shape index (κ3) is 54.3. The summed E-state index contributed by atoms with van der Waals surface area (Å²) in [4.78, 5) is 12.5. The van der Waals surface area contributed by atoms with Gasteiger partial charge >= 0.3 is 0 Å². The summed E-state index contributed by atoms with van der Waals surface area (Å²) in [6.45, 7) is 4.20. The Balaban J connectivity index is 3.48. The molecule has 0 saturated heterocycles. The number of amides is 1. The van der Waals surface area contributed by atoms with Gasteiger partial charge in [0.1, 0.15) is 6.10 Å². The van der Waals surface area contributed by atoms with Crippen LogP contribution in [0.5, 0.6) is 0 Å². The molecule has 0 aliphatic carbocycles. The molecule has 5 heteroatoms. The summed E-state index contributed by atoms with van der Waals surface area (Å²) in [5.41, 5.74) is 0. The van der Waals surface area contributed by atoms with Gasteiger partial charge in [-0.15, -0.1) is 0 Å². The highest BCUT2D eigenvalue weighted by Gasteiger charge is 2.26. The van der Waals surface area contributed by atoms with Gasteiger partial charge in [-0.05, 0) is 70.6 Å². The number of allylic oxidation sites excluding steroid dienone is 6. The van der Waals surface area contributed by atoms with E-state index in [9.17, 15) is 20.1 Å². The number of hydrogen-bond acceptors (Lipinski definition) is 4. The van der Waals surface area contributed by atoms with Gasteiger partial charge in [-0.25, -0.2) is 0 Å². The highest BCUT2D eigenvalue weighted by molar-refractivity contribution is 5.76. The zero-order valence-electron chi connectivity index (χ0n) is 47.4. The van der Waals surface area contributed by atoms with Crippen molar-refractivity contribution < 1.29 is 20.1 Å². The van der Waals surface area contributed by atoms with Crippen LogP contribution in [0.2, 0.25) is 0 Å². The van der Waals surface area contributed by atoms with Gasteiger partial charge in [0.25, 0.3) is 0 Å². The summed E-state index contributed by atoms with van der Waals surface area (Å²) >= 11 is 0. The fourth-order valence-electron chi connectivity index (χ4n) is 10.1. The molecule has 0 aromatic carbocycles. The fourth-order valence-corrected chi connectivity index (χ4v) is 10.1. The van der Waals surface area contributed by atoms with Crippen LogP contribution >= 0.6 is 0 Å². The number of rotatable bonds is 59. The maximum atomic E-state index is 12.5. The lowest BCUT2D eigenvalue weighted by Crippen LogP contribution is -2.50. The molecule has 0 radical (unpaired) electrons. The molecule has 0 fully saturated rings. The molecular formula is C65H125NO4. The van der Waals surface area contributed by atoms with E-state index in [0.717, 1.165) is 44.9 Å². The molecule has 5 nitrogen and oxygen atoms in total. The Morgan fingerprint density at radius 3 is 0.914 bits per heavy atom. The summed E-state index contributed by atoms with van der Waals surface area (Å²) in [6, 6.07) is -0.826. The van der Waals surface area contributed by atoms with Crippen LogP contribution in [-0.2, 0) is 4.79 Å². The summed E-state index contributed by atoms with van der Waals surface area (Å²) in [5, 5.41) is 33.7. The molecule has 4 N–H and O–H groups in total. The van der Waals surface area contributed by atoms with Crippen molar-refractivity contribution >= 4 is 5.91 Å². The zero-order chi connectivity index (χ0) is 50.7. The number of carbonyl (C=O) groups is 1. The predicted octanol–water partition coefficient (Wildman–Crippen LogP) is 20.2. The van der Waals surface area contributed by atoms with Crippen molar-refractivity contribution in [3.63, 3.8) is 0 Å². The molecule has 0 heterocycles. The van der Waals surface area contributed by atoms with Gasteiger partial charge in [0.15, 0.2) is 0 Å². The molecule has 0 aromatic rings. The van der Waals surface area contributed by atoms with E-state index in [2.05, 4.69) is 55.6 Å². The smallest absolute Gasteiger partial charge is 0.220 e. The second-order valence-electron chi connectivity index (χ2n) is 22.0. The minimum Gasteiger partial charge on any atom is -0.394 e. The minimum absolute atomic E-state index is 0.150. The van der Waals surface area contributed by atoms with Crippen molar-refractivity contribution in [1.29, 1.82) is 0 Å². The lowest BCUT2D eigenvalue weighted by Gasteiger charge is -2.26. The van der Waals surface area contributed by atoms with Gasteiger partial charge in [-0.2, -0.15) is 0 Å². The Hall–Kier alpha value is -1.43. The Morgan fingerprint density at radius 2 is 0.614 bits per heavy atom. The third-order valence-corrected chi connectivity index (χ3v) is 15.0. The normalized spacial score (nSPS) is 13.4. The van der Waals surface area contributed by atoms with E-state index in [1.165, 1.54) is 276 Å². The van der Waals surface area contributed by atoms with E-state index in [1.807, 2.05) is 0 Å². The van der Waals surface area contributed by atoms with Crippen molar-refractivity contribution in [2.45, 2.75) is 366 Å². The molecular weight excluding hydrogens is 859 g/mol. The molecule has 0 bridgehead atoms. The summed E-state index contributed by atoms with van der Waals surface area (Å²) in [7, 11) is 0. The first-order valence-electron chi connectivity index (χ1n) is 31.8. The maximum Gasteiger partial charge on any atom is 0.220 e. The minimum atomic E-state index is -1.16. The molecule has 0 saturated carbocycles. The molecule has 414 valence electrons. The molecule has 0 aliphatic rings. The van der Waals surface area contributed by atoms with Crippen molar-refractivity contribution in [1.82, 2.24) is 5.32 Å². The SMILES string of the molecule is CCCCCCCCCCCCCC/C=C/CCCC(O)C(O)C(CO)NC(=O)CCCCCCCCCCCCCCCCCCC/C=C\C/C=C\CCCCCCCCCCCCCCCCC. The van der Waals surface area contributed by atoms with Crippen LogP contribution in [-0.4, -0.2) is 46.1 Å². The first kappa shape index (κ1) is 68.6. The monoisotopic (exact) mass is 984 g/mol. The topological polar surface area (TPSA) is 89.8 Å². The van der Waals surface area contributed by atoms with Gasteiger partial charge in [0.05, 0.1) is 18.8 Å². The Morgan fingerprint density at radius 1 is 0.357 bits per heavy atom. The Labute approximate surface area is 438 Å². The average Bonchev–Trinajstić information content (AvgIpc) is 3.36. The van der Waals surface area contributed by atoms with E-state index in [1.54, 1.807) is 0 Å². The van der Waals surface area contributed by atoms with Crippen LogP contribution < -0.4 is 5.32 Å². The van der Waals surface area contributed by atoms with Crippen LogP contribution in [0, 0.1) is 0 Å². The number of carbonyl (C=O) groups excluding carboxylic acids is 1. The van der Waals surface area contributed by atoms with Crippen LogP contribution in [0.3, 0.4) is 0 Å². The first-order valence-corrected chi connectivity index (χ1v) is 31.8. The zero-order valence-corrected chi connectivity index (χ0v) is 47.4. The lowest BCUT2D eigenvalue weighted by molar-refractivity contribution is -0.124. The molecule has 0 rings (SSSR count). The highest BCUT2D eigenvalue weighted by atomic mass is 16.3. The lowest BCUT2D eigenvalue weighted by atomic mass is 10.0. The summed E-state index contributed by atoms with van der Waals surface area (Å²) < 4.78 is 0. The quantitative estimate of drug-likeness (QED) is 0.0361. The van der Waals surface area contributed by atoms with Gasteiger partial charge in [-0.3, -0.25) is 4.79 Å². The predicted molar refractivity (Wildman–Crippen MR) is 310 cm³/mol. The molecule has 3 unspecified atom stereocenters.